The zero-order valence-corrected chi connectivity index (χ0v) is 12.5. The number of benzene rings is 2. The van der Waals surface area contributed by atoms with E-state index in [1.807, 2.05) is 37.3 Å². The Hall–Kier alpha value is -2.62. The van der Waals surface area contributed by atoms with E-state index in [0.717, 1.165) is 12.0 Å². The summed E-state index contributed by atoms with van der Waals surface area (Å²) < 4.78 is 10.4. The molecule has 0 N–H and O–H groups in total. The van der Waals surface area contributed by atoms with Crippen LogP contribution in [0.25, 0.3) is 0 Å². The molecule has 0 saturated heterocycles. The summed E-state index contributed by atoms with van der Waals surface area (Å²) in [5, 5.41) is 0. The van der Waals surface area contributed by atoms with Gasteiger partial charge in [0.1, 0.15) is 12.4 Å². The highest BCUT2D eigenvalue weighted by Crippen LogP contribution is 2.14. The van der Waals surface area contributed by atoms with E-state index >= 15 is 0 Å². The topological polar surface area (TPSA) is 52.6 Å². The van der Waals surface area contributed by atoms with Gasteiger partial charge in [-0.25, -0.2) is 4.79 Å². The second kappa shape index (κ2) is 7.98. The van der Waals surface area contributed by atoms with E-state index in [9.17, 15) is 9.59 Å². The second-order valence-electron chi connectivity index (χ2n) is 4.81. The van der Waals surface area contributed by atoms with Gasteiger partial charge in [-0.05, 0) is 36.2 Å². The SMILES string of the molecule is CCCC(=O)Oc1ccc(C(=O)OCc2ccccc2)cc1. The lowest BCUT2D eigenvalue weighted by atomic mass is 10.2. The van der Waals surface area contributed by atoms with E-state index in [-0.39, 0.29) is 12.6 Å². The molecule has 0 aliphatic heterocycles. The predicted molar refractivity (Wildman–Crippen MR) is 82.5 cm³/mol. The molecule has 0 radical (unpaired) electrons. The molecule has 0 unspecified atom stereocenters. The van der Waals surface area contributed by atoms with Crippen molar-refractivity contribution in [2.75, 3.05) is 0 Å². The van der Waals surface area contributed by atoms with Crippen molar-refractivity contribution in [2.24, 2.45) is 0 Å². The first-order valence-electron chi connectivity index (χ1n) is 7.21. The monoisotopic (exact) mass is 298 g/mol. The van der Waals surface area contributed by atoms with E-state index in [1.165, 1.54) is 0 Å². The van der Waals surface area contributed by atoms with Gasteiger partial charge < -0.3 is 9.47 Å². The van der Waals surface area contributed by atoms with Crippen molar-refractivity contribution in [1.29, 1.82) is 0 Å². The lowest BCUT2D eigenvalue weighted by Crippen LogP contribution is -2.08. The number of ether oxygens (including phenoxy) is 2. The Labute approximate surface area is 129 Å². The summed E-state index contributed by atoms with van der Waals surface area (Å²) in [6, 6.07) is 15.8. The molecule has 2 aromatic carbocycles. The molecule has 4 heteroatoms. The number of hydrogen-bond acceptors (Lipinski definition) is 4. The summed E-state index contributed by atoms with van der Waals surface area (Å²) in [4.78, 5) is 23.3. The summed E-state index contributed by atoms with van der Waals surface area (Å²) in [7, 11) is 0. The van der Waals surface area contributed by atoms with Gasteiger partial charge in [0.2, 0.25) is 0 Å². The van der Waals surface area contributed by atoms with Gasteiger partial charge in [-0.2, -0.15) is 0 Å². The van der Waals surface area contributed by atoms with Gasteiger partial charge in [-0.1, -0.05) is 37.3 Å². The van der Waals surface area contributed by atoms with Gasteiger partial charge in [-0.3, -0.25) is 4.79 Å². The van der Waals surface area contributed by atoms with Crippen LogP contribution in [0.3, 0.4) is 0 Å². The van der Waals surface area contributed by atoms with Crippen molar-refractivity contribution < 1.29 is 19.1 Å². The van der Waals surface area contributed by atoms with Gasteiger partial charge in [-0.15, -0.1) is 0 Å². The molecule has 0 fully saturated rings. The van der Waals surface area contributed by atoms with Crippen LogP contribution in [-0.2, 0) is 16.1 Å². The third-order valence-corrected chi connectivity index (χ3v) is 2.99. The number of carbonyl (C=O) groups excluding carboxylic acids is 2. The number of carbonyl (C=O) groups is 2. The van der Waals surface area contributed by atoms with Crippen LogP contribution in [0.15, 0.2) is 54.6 Å². The minimum Gasteiger partial charge on any atom is -0.457 e. The zero-order valence-electron chi connectivity index (χ0n) is 12.5. The molecule has 2 rings (SSSR count). The number of esters is 2. The van der Waals surface area contributed by atoms with Gasteiger partial charge >= 0.3 is 11.9 Å². The van der Waals surface area contributed by atoms with Crippen molar-refractivity contribution in [3.8, 4) is 5.75 Å². The molecule has 0 atom stereocenters. The van der Waals surface area contributed by atoms with Crippen molar-refractivity contribution >= 4 is 11.9 Å². The first-order chi connectivity index (χ1) is 10.7. The third-order valence-electron chi connectivity index (χ3n) is 2.99. The Morgan fingerprint density at radius 1 is 0.955 bits per heavy atom. The van der Waals surface area contributed by atoms with E-state index < -0.39 is 5.97 Å². The van der Waals surface area contributed by atoms with Crippen molar-refractivity contribution in [3.63, 3.8) is 0 Å². The molecule has 0 saturated carbocycles. The highest BCUT2D eigenvalue weighted by atomic mass is 16.5. The van der Waals surface area contributed by atoms with Crippen LogP contribution in [0.2, 0.25) is 0 Å². The smallest absolute Gasteiger partial charge is 0.338 e. The Balaban J connectivity index is 1.89. The van der Waals surface area contributed by atoms with Crippen LogP contribution >= 0.6 is 0 Å². The molecule has 4 nitrogen and oxygen atoms in total. The Morgan fingerprint density at radius 2 is 1.64 bits per heavy atom. The normalized spacial score (nSPS) is 10.0. The Kier molecular flexibility index (Phi) is 5.72. The van der Waals surface area contributed by atoms with Crippen molar-refractivity contribution in [1.82, 2.24) is 0 Å². The Morgan fingerprint density at radius 3 is 2.27 bits per heavy atom. The average molecular weight is 298 g/mol. The molecular formula is C18H18O4. The van der Waals surface area contributed by atoms with Gasteiger partial charge in [0.25, 0.3) is 0 Å². The van der Waals surface area contributed by atoms with Crippen LogP contribution in [0.4, 0.5) is 0 Å². The van der Waals surface area contributed by atoms with Crippen LogP contribution in [-0.4, -0.2) is 11.9 Å². The largest absolute Gasteiger partial charge is 0.457 e. The quantitative estimate of drug-likeness (QED) is 0.602. The van der Waals surface area contributed by atoms with Gasteiger partial charge in [0, 0.05) is 6.42 Å². The summed E-state index contributed by atoms with van der Waals surface area (Å²) in [5.74, 6) is -0.254. The molecule has 114 valence electrons. The first kappa shape index (κ1) is 15.8. The summed E-state index contributed by atoms with van der Waals surface area (Å²) in [5.41, 5.74) is 1.35. The zero-order chi connectivity index (χ0) is 15.8. The van der Waals surface area contributed by atoms with E-state index in [2.05, 4.69) is 0 Å². The fraction of sp³-hybridized carbons (Fsp3) is 0.222. The van der Waals surface area contributed by atoms with Crippen LogP contribution in [0.1, 0.15) is 35.7 Å². The molecule has 0 bridgehead atoms. The molecule has 2 aromatic rings. The molecule has 0 spiro atoms. The number of rotatable bonds is 6. The third kappa shape index (κ3) is 4.74. The highest BCUT2D eigenvalue weighted by Gasteiger charge is 2.09. The summed E-state index contributed by atoms with van der Waals surface area (Å²) >= 11 is 0. The average Bonchev–Trinajstić information content (AvgIpc) is 2.54. The minimum atomic E-state index is -0.407. The fourth-order valence-corrected chi connectivity index (χ4v) is 1.85. The standard InChI is InChI=1S/C18H18O4/c1-2-6-17(19)22-16-11-9-15(10-12-16)18(20)21-13-14-7-4-3-5-8-14/h3-5,7-12H,2,6,13H2,1H3. The maximum atomic E-state index is 11.9. The molecule has 0 aromatic heterocycles. The molecule has 0 heterocycles. The molecule has 0 aliphatic carbocycles. The highest BCUT2D eigenvalue weighted by molar-refractivity contribution is 5.89. The van der Waals surface area contributed by atoms with Gasteiger partial charge in [0.05, 0.1) is 5.56 Å². The molecule has 0 amide bonds. The molecule has 22 heavy (non-hydrogen) atoms. The lowest BCUT2D eigenvalue weighted by molar-refractivity contribution is -0.134. The van der Waals surface area contributed by atoms with Crippen LogP contribution in [0.5, 0.6) is 5.75 Å². The number of hydrogen-bond donors (Lipinski definition) is 0. The van der Waals surface area contributed by atoms with Crippen LogP contribution in [0, 0.1) is 0 Å². The minimum absolute atomic E-state index is 0.229. The lowest BCUT2D eigenvalue weighted by Gasteiger charge is -2.06. The predicted octanol–water partition coefficient (Wildman–Crippen LogP) is 3.75. The molecule has 0 aliphatic rings. The van der Waals surface area contributed by atoms with E-state index in [0.29, 0.717) is 17.7 Å². The Bertz CT molecular complexity index is 617. The maximum Gasteiger partial charge on any atom is 0.338 e. The molecular weight excluding hydrogens is 280 g/mol. The first-order valence-corrected chi connectivity index (χ1v) is 7.21. The van der Waals surface area contributed by atoms with Gasteiger partial charge in [0.15, 0.2) is 0 Å². The van der Waals surface area contributed by atoms with Crippen LogP contribution < -0.4 is 4.74 Å². The summed E-state index contributed by atoms with van der Waals surface area (Å²) in [6.07, 6.45) is 1.11. The van der Waals surface area contributed by atoms with Crippen molar-refractivity contribution in [3.05, 3.63) is 65.7 Å². The maximum absolute atomic E-state index is 11.9. The second-order valence-corrected chi connectivity index (χ2v) is 4.81. The fourth-order valence-electron chi connectivity index (χ4n) is 1.85. The van der Waals surface area contributed by atoms with E-state index in [4.69, 9.17) is 9.47 Å². The summed E-state index contributed by atoms with van der Waals surface area (Å²) in [6.45, 7) is 2.14. The van der Waals surface area contributed by atoms with E-state index in [1.54, 1.807) is 24.3 Å². The van der Waals surface area contributed by atoms with Crippen molar-refractivity contribution in [2.45, 2.75) is 26.4 Å².